The fourth-order valence-corrected chi connectivity index (χ4v) is 3.72. The summed E-state index contributed by atoms with van der Waals surface area (Å²) in [5, 5.41) is 17.3. The van der Waals surface area contributed by atoms with E-state index in [0.717, 1.165) is 49.0 Å². The molecular weight excluding hydrogens is 356 g/mol. The zero-order valence-electron chi connectivity index (χ0n) is 16.1. The highest BCUT2D eigenvalue weighted by Crippen LogP contribution is 2.26. The van der Waals surface area contributed by atoms with E-state index in [2.05, 4.69) is 32.2 Å². The molecule has 3 aromatic rings. The van der Waals surface area contributed by atoms with Gasteiger partial charge in [0.15, 0.2) is 5.65 Å². The number of aromatic nitrogens is 6. The smallest absolute Gasteiger partial charge is 0.230 e. The third kappa shape index (κ3) is 3.75. The first-order valence-corrected chi connectivity index (χ1v) is 9.90. The Morgan fingerprint density at radius 1 is 1.18 bits per heavy atom. The number of nitrogens with one attached hydrogen (secondary N) is 1. The van der Waals surface area contributed by atoms with Gasteiger partial charge < -0.3 is 15.3 Å². The van der Waals surface area contributed by atoms with E-state index in [1.165, 1.54) is 12.7 Å². The Labute approximate surface area is 163 Å². The Morgan fingerprint density at radius 3 is 2.82 bits per heavy atom. The lowest BCUT2D eigenvalue weighted by atomic mass is 10.0. The maximum atomic E-state index is 9.46. The van der Waals surface area contributed by atoms with Crippen LogP contribution in [0.4, 0.5) is 11.9 Å². The first kappa shape index (κ1) is 18.5. The molecule has 3 aromatic heterocycles. The minimum Gasteiger partial charge on any atom is -0.396 e. The molecule has 2 N–H and O–H groups in total. The van der Waals surface area contributed by atoms with E-state index >= 15 is 0 Å². The molecule has 0 spiro atoms. The molecule has 0 radical (unpaired) electrons. The van der Waals surface area contributed by atoms with Crippen molar-refractivity contribution in [3.8, 4) is 0 Å². The summed E-state index contributed by atoms with van der Waals surface area (Å²) in [5.41, 5.74) is 2.88. The second-order valence-electron chi connectivity index (χ2n) is 7.06. The maximum Gasteiger partial charge on any atom is 0.230 e. The number of fused-ring (bicyclic) bond motifs is 1. The van der Waals surface area contributed by atoms with Crippen molar-refractivity contribution in [2.45, 2.75) is 51.6 Å². The fourth-order valence-electron chi connectivity index (χ4n) is 3.72. The van der Waals surface area contributed by atoms with Crippen molar-refractivity contribution in [3.63, 3.8) is 0 Å². The van der Waals surface area contributed by atoms with Crippen molar-refractivity contribution in [2.75, 3.05) is 23.4 Å². The van der Waals surface area contributed by atoms with Gasteiger partial charge in [0.25, 0.3) is 0 Å². The van der Waals surface area contributed by atoms with Crippen molar-refractivity contribution in [1.82, 2.24) is 29.5 Å². The molecule has 9 nitrogen and oxygen atoms in total. The number of aliphatic hydroxyl groups is 1. The van der Waals surface area contributed by atoms with E-state index in [1.807, 2.05) is 6.20 Å². The van der Waals surface area contributed by atoms with Gasteiger partial charge in [-0.25, -0.2) is 9.97 Å². The molecule has 1 fully saturated rings. The quantitative estimate of drug-likeness (QED) is 0.638. The first-order valence-electron chi connectivity index (χ1n) is 9.90. The standard InChI is InChI=1S/C19H26N8O/c1-2-15-12-23-27-17(15)24-19(26-7-4-3-5-16(26)6-8-28)25-18(27)22-11-14-9-20-13-21-10-14/h9-10,12-13,16,28H,2-8,11H2,1H3,(H,22,24,25)/t16-/m0/s1. The lowest BCUT2D eigenvalue weighted by Crippen LogP contribution is -2.41. The molecule has 1 atom stereocenters. The van der Waals surface area contributed by atoms with Crippen molar-refractivity contribution in [1.29, 1.82) is 0 Å². The summed E-state index contributed by atoms with van der Waals surface area (Å²) in [6.45, 7) is 3.73. The van der Waals surface area contributed by atoms with E-state index < -0.39 is 0 Å². The van der Waals surface area contributed by atoms with Crippen LogP contribution in [0, 0.1) is 0 Å². The summed E-state index contributed by atoms with van der Waals surface area (Å²) >= 11 is 0. The van der Waals surface area contributed by atoms with Crippen LogP contribution >= 0.6 is 0 Å². The van der Waals surface area contributed by atoms with Crippen LogP contribution in [0.1, 0.15) is 43.7 Å². The van der Waals surface area contributed by atoms with Gasteiger partial charge in [-0.3, -0.25) is 0 Å². The van der Waals surface area contributed by atoms with E-state index in [-0.39, 0.29) is 12.6 Å². The largest absolute Gasteiger partial charge is 0.396 e. The zero-order chi connectivity index (χ0) is 19.3. The monoisotopic (exact) mass is 382 g/mol. The average Bonchev–Trinajstić information content (AvgIpc) is 3.16. The highest BCUT2D eigenvalue weighted by molar-refractivity contribution is 5.55. The van der Waals surface area contributed by atoms with Crippen LogP contribution in [0.25, 0.3) is 5.65 Å². The van der Waals surface area contributed by atoms with Gasteiger partial charge in [0, 0.05) is 49.3 Å². The second kappa shape index (κ2) is 8.47. The van der Waals surface area contributed by atoms with Crippen LogP contribution in [0.3, 0.4) is 0 Å². The van der Waals surface area contributed by atoms with E-state index in [4.69, 9.17) is 9.97 Å². The van der Waals surface area contributed by atoms with Crippen molar-refractivity contribution in [2.24, 2.45) is 0 Å². The van der Waals surface area contributed by atoms with Crippen molar-refractivity contribution in [3.05, 3.63) is 36.0 Å². The minimum atomic E-state index is 0.176. The molecule has 4 heterocycles. The minimum absolute atomic E-state index is 0.176. The number of rotatable bonds is 7. The van der Waals surface area contributed by atoms with Gasteiger partial charge >= 0.3 is 0 Å². The summed E-state index contributed by atoms with van der Waals surface area (Å²) in [7, 11) is 0. The number of hydrogen-bond acceptors (Lipinski definition) is 8. The van der Waals surface area contributed by atoms with Gasteiger partial charge in [0.2, 0.25) is 11.9 Å². The Hall–Kier alpha value is -2.81. The highest BCUT2D eigenvalue weighted by atomic mass is 16.3. The van der Waals surface area contributed by atoms with E-state index in [0.29, 0.717) is 18.4 Å². The van der Waals surface area contributed by atoms with E-state index in [1.54, 1.807) is 16.9 Å². The molecule has 28 heavy (non-hydrogen) atoms. The predicted octanol–water partition coefficient (Wildman–Crippen LogP) is 1.83. The van der Waals surface area contributed by atoms with Gasteiger partial charge in [0.1, 0.15) is 6.33 Å². The molecule has 0 unspecified atom stereocenters. The van der Waals surface area contributed by atoms with Crippen LogP contribution in [0.2, 0.25) is 0 Å². The predicted molar refractivity (Wildman–Crippen MR) is 106 cm³/mol. The van der Waals surface area contributed by atoms with Crippen LogP contribution < -0.4 is 10.2 Å². The van der Waals surface area contributed by atoms with Crippen molar-refractivity contribution < 1.29 is 5.11 Å². The Bertz CT molecular complexity index is 911. The normalized spacial score (nSPS) is 17.2. The van der Waals surface area contributed by atoms with Gasteiger partial charge in [0.05, 0.1) is 6.20 Å². The van der Waals surface area contributed by atoms with Crippen LogP contribution in [0.15, 0.2) is 24.9 Å². The maximum absolute atomic E-state index is 9.46. The summed E-state index contributed by atoms with van der Waals surface area (Å²) < 4.78 is 1.76. The summed E-state index contributed by atoms with van der Waals surface area (Å²) in [6, 6.07) is 0.268. The molecule has 1 aliphatic rings. The zero-order valence-corrected chi connectivity index (χ0v) is 16.1. The molecule has 1 saturated heterocycles. The Morgan fingerprint density at radius 2 is 2.04 bits per heavy atom. The topological polar surface area (TPSA) is 104 Å². The molecule has 0 saturated carbocycles. The average molecular weight is 382 g/mol. The first-order chi connectivity index (χ1) is 13.8. The van der Waals surface area contributed by atoms with Crippen LogP contribution in [-0.2, 0) is 13.0 Å². The van der Waals surface area contributed by atoms with E-state index in [9.17, 15) is 5.11 Å². The molecule has 4 rings (SSSR count). The number of anilines is 2. The van der Waals surface area contributed by atoms with Gasteiger partial charge in [-0.15, -0.1) is 0 Å². The molecule has 0 aromatic carbocycles. The number of nitrogens with zero attached hydrogens (tertiary/aromatic N) is 7. The molecular formula is C19H26N8O. The van der Waals surface area contributed by atoms with Gasteiger partial charge in [-0.05, 0) is 32.1 Å². The van der Waals surface area contributed by atoms with Gasteiger partial charge in [-0.2, -0.15) is 19.6 Å². The lowest BCUT2D eigenvalue weighted by molar-refractivity contribution is 0.261. The van der Waals surface area contributed by atoms with Crippen LogP contribution in [0.5, 0.6) is 0 Å². The SMILES string of the molecule is CCc1cnn2c(NCc3cncnc3)nc(N3CCCC[C@H]3CCO)nc12. The highest BCUT2D eigenvalue weighted by Gasteiger charge is 2.26. The Kier molecular flexibility index (Phi) is 5.61. The number of aliphatic hydroxyl groups excluding tert-OH is 1. The van der Waals surface area contributed by atoms with Gasteiger partial charge in [-0.1, -0.05) is 6.92 Å². The van der Waals surface area contributed by atoms with Crippen LogP contribution in [-0.4, -0.2) is 53.9 Å². The summed E-state index contributed by atoms with van der Waals surface area (Å²) in [6.07, 6.45) is 11.9. The number of piperidine rings is 1. The number of aryl methyl sites for hydroxylation is 1. The third-order valence-electron chi connectivity index (χ3n) is 5.22. The molecule has 0 bridgehead atoms. The molecule has 9 heteroatoms. The molecule has 1 aliphatic heterocycles. The van der Waals surface area contributed by atoms with Crippen molar-refractivity contribution >= 4 is 17.5 Å². The summed E-state index contributed by atoms with van der Waals surface area (Å²) in [4.78, 5) is 20.0. The molecule has 0 amide bonds. The lowest BCUT2D eigenvalue weighted by Gasteiger charge is -2.35. The second-order valence-corrected chi connectivity index (χ2v) is 7.06. The number of hydrogen-bond donors (Lipinski definition) is 2. The molecule has 0 aliphatic carbocycles. The molecule has 148 valence electrons. The summed E-state index contributed by atoms with van der Waals surface area (Å²) in [5.74, 6) is 1.35. The third-order valence-corrected chi connectivity index (χ3v) is 5.22. The Balaban J connectivity index is 1.70. The fraction of sp³-hybridized carbons (Fsp3) is 0.526.